The van der Waals surface area contributed by atoms with Crippen molar-refractivity contribution in [1.29, 1.82) is 0 Å². The average Bonchev–Trinajstić information content (AvgIpc) is 3.20. The molecule has 0 aliphatic carbocycles. The number of phenols is 1. The number of benzene rings is 2. The van der Waals surface area contributed by atoms with Gasteiger partial charge in [0.25, 0.3) is 0 Å². The number of ether oxygens (including phenoxy) is 1. The van der Waals surface area contributed by atoms with E-state index < -0.39 is 0 Å². The van der Waals surface area contributed by atoms with Crippen molar-refractivity contribution in [2.24, 2.45) is 0 Å². The highest BCUT2D eigenvalue weighted by Gasteiger charge is 2.27. The van der Waals surface area contributed by atoms with Crippen molar-refractivity contribution >= 4 is 5.95 Å². The fourth-order valence-corrected chi connectivity index (χ4v) is 4.06. The predicted molar refractivity (Wildman–Crippen MR) is 107 cm³/mol. The van der Waals surface area contributed by atoms with Crippen molar-refractivity contribution < 1.29 is 9.84 Å². The van der Waals surface area contributed by atoms with Crippen LogP contribution in [0.1, 0.15) is 36.6 Å². The van der Waals surface area contributed by atoms with Gasteiger partial charge in [0.1, 0.15) is 5.75 Å². The van der Waals surface area contributed by atoms with Crippen LogP contribution in [-0.2, 0) is 17.7 Å². The molecule has 1 saturated heterocycles. The lowest BCUT2D eigenvalue weighted by Gasteiger charge is -2.32. The summed E-state index contributed by atoms with van der Waals surface area (Å²) in [7, 11) is 0. The van der Waals surface area contributed by atoms with Crippen LogP contribution in [-0.4, -0.2) is 33.0 Å². The Morgan fingerprint density at radius 1 is 1.04 bits per heavy atom. The number of rotatable bonds is 3. The molecule has 6 heteroatoms. The molecule has 0 bridgehead atoms. The zero-order valence-electron chi connectivity index (χ0n) is 15.8. The van der Waals surface area contributed by atoms with Gasteiger partial charge >= 0.3 is 0 Å². The molecule has 0 spiro atoms. The van der Waals surface area contributed by atoms with Crippen LogP contribution in [0.5, 0.6) is 5.75 Å². The van der Waals surface area contributed by atoms with Gasteiger partial charge in [-0.05, 0) is 48.9 Å². The third kappa shape index (κ3) is 3.24. The van der Waals surface area contributed by atoms with Crippen LogP contribution in [0, 0.1) is 0 Å². The molecule has 1 unspecified atom stereocenters. The molecule has 0 amide bonds. The first-order chi connectivity index (χ1) is 13.8. The van der Waals surface area contributed by atoms with Crippen LogP contribution in [0.3, 0.4) is 0 Å². The monoisotopic (exact) mass is 376 g/mol. The molecule has 144 valence electrons. The van der Waals surface area contributed by atoms with E-state index in [9.17, 15) is 5.11 Å². The summed E-state index contributed by atoms with van der Waals surface area (Å²) in [6.07, 6.45) is 4.05. The highest BCUT2D eigenvalue weighted by molar-refractivity contribution is 5.57. The van der Waals surface area contributed by atoms with E-state index in [1.807, 2.05) is 47.1 Å². The number of aromatic hydroxyl groups is 1. The number of hydrogen-bond acceptors (Lipinski definition) is 5. The van der Waals surface area contributed by atoms with Gasteiger partial charge in [0.05, 0.1) is 0 Å². The first kappa shape index (κ1) is 17.3. The van der Waals surface area contributed by atoms with Crippen molar-refractivity contribution in [2.75, 3.05) is 18.1 Å². The predicted octanol–water partition coefficient (Wildman–Crippen LogP) is 3.91. The maximum Gasteiger partial charge on any atom is 0.227 e. The van der Waals surface area contributed by atoms with Gasteiger partial charge in [0, 0.05) is 25.3 Å². The van der Waals surface area contributed by atoms with E-state index in [4.69, 9.17) is 14.8 Å². The maximum absolute atomic E-state index is 9.88. The Labute approximate surface area is 164 Å². The Morgan fingerprint density at radius 2 is 1.93 bits per heavy atom. The molecular formula is C22H24N4O2. The quantitative estimate of drug-likeness (QED) is 0.751. The Morgan fingerprint density at radius 3 is 2.75 bits per heavy atom. The van der Waals surface area contributed by atoms with Crippen LogP contribution in [0.4, 0.5) is 5.95 Å². The standard InChI is InChI=1S/C22H24N4O2/c27-19-10-9-16-11-12-25(15-18(16)14-19)22-23-21(17-6-2-1-3-7-17)24-26(22)20-8-4-5-13-28-20/h1-3,6-7,9-10,14,20,27H,4-5,8,11-13,15H2. The van der Waals surface area contributed by atoms with Gasteiger partial charge in [-0.2, -0.15) is 4.98 Å². The first-order valence-electron chi connectivity index (χ1n) is 9.97. The molecule has 1 aromatic heterocycles. The molecule has 5 rings (SSSR count). The van der Waals surface area contributed by atoms with E-state index in [1.54, 1.807) is 6.07 Å². The summed E-state index contributed by atoms with van der Waals surface area (Å²) in [5.41, 5.74) is 3.44. The van der Waals surface area contributed by atoms with E-state index in [0.717, 1.165) is 61.7 Å². The fourth-order valence-electron chi connectivity index (χ4n) is 4.06. The number of phenolic OH excluding ortho intramolecular Hbond substituents is 1. The van der Waals surface area contributed by atoms with Crippen LogP contribution in [0.2, 0.25) is 0 Å². The fraction of sp³-hybridized carbons (Fsp3) is 0.364. The third-order valence-corrected chi connectivity index (χ3v) is 5.56. The molecule has 0 saturated carbocycles. The molecule has 1 N–H and O–H groups in total. The third-order valence-electron chi connectivity index (χ3n) is 5.56. The normalized spacial score (nSPS) is 19.4. The zero-order valence-corrected chi connectivity index (χ0v) is 15.8. The van der Waals surface area contributed by atoms with E-state index in [2.05, 4.69) is 4.90 Å². The molecule has 2 aliphatic rings. The Hall–Kier alpha value is -2.86. The summed E-state index contributed by atoms with van der Waals surface area (Å²) in [4.78, 5) is 7.16. The van der Waals surface area contributed by atoms with Crippen molar-refractivity contribution in [3.63, 3.8) is 0 Å². The topological polar surface area (TPSA) is 63.4 Å². The lowest BCUT2D eigenvalue weighted by molar-refractivity contribution is -0.0386. The highest BCUT2D eigenvalue weighted by Crippen LogP contribution is 2.32. The molecule has 1 atom stereocenters. The lowest BCUT2D eigenvalue weighted by Crippen LogP contribution is -2.34. The molecule has 2 aliphatic heterocycles. The van der Waals surface area contributed by atoms with Gasteiger partial charge in [-0.3, -0.25) is 0 Å². The van der Waals surface area contributed by atoms with Crippen LogP contribution in [0.25, 0.3) is 11.4 Å². The summed E-state index contributed by atoms with van der Waals surface area (Å²) < 4.78 is 7.99. The molecule has 2 aromatic carbocycles. The number of hydrogen-bond donors (Lipinski definition) is 1. The Balaban J connectivity index is 1.53. The van der Waals surface area contributed by atoms with Crippen molar-refractivity contribution in [1.82, 2.24) is 14.8 Å². The van der Waals surface area contributed by atoms with Gasteiger partial charge in [0.2, 0.25) is 5.95 Å². The second kappa shape index (κ2) is 7.28. The average molecular weight is 376 g/mol. The molecule has 28 heavy (non-hydrogen) atoms. The SMILES string of the molecule is Oc1ccc2c(c1)CN(c1nc(-c3ccccc3)nn1C1CCCCO1)CC2. The Bertz CT molecular complexity index is 964. The highest BCUT2D eigenvalue weighted by atomic mass is 16.5. The van der Waals surface area contributed by atoms with Crippen molar-refractivity contribution in [3.8, 4) is 17.1 Å². The summed E-state index contributed by atoms with van der Waals surface area (Å²) in [5.74, 6) is 1.88. The minimum absolute atomic E-state index is 0.0701. The van der Waals surface area contributed by atoms with E-state index in [-0.39, 0.29) is 6.23 Å². The lowest BCUT2D eigenvalue weighted by atomic mass is 10.00. The molecule has 0 radical (unpaired) electrons. The number of nitrogens with zero attached hydrogens (tertiary/aromatic N) is 4. The largest absolute Gasteiger partial charge is 0.508 e. The second-order valence-electron chi connectivity index (χ2n) is 7.49. The molecule has 3 aromatic rings. The minimum atomic E-state index is -0.0701. The van der Waals surface area contributed by atoms with Gasteiger partial charge in [0.15, 0.2) is 12.1 Å². The maximum atomic E-state index is 9.88. The molecular weight excluding hydrogens is 352 g/mol. The second-order valence-corrected chi connectivity index (χ2v) is 7.49. The van der Waals surface area contributed by atoms with E-state index in [0.29, 0.717) is 12.3 Å². The van der Waals surface area contributed by atoms with E-state index in [1.165, 1.54) is 5.56 Å². The Kier molecular flexibility index (Phi) is 4.49. The smallest absolute Gasteiger partial charge is 0.227 e. The van der Waals surface area contributed by atoms with Gasteiger partial charge in [-0.25, -0.2) is 4.68 Å². The minimum Gasteiger partial charge on any atom is -0.508 e. The van der Waals surface area contributed by atoms with Gasteiger partial charge < -0.3 is 14.7 Å². The summed E-state index contributed by atoms with van der Waals surface area (Å²) in [6, 6.07) is 15.7. The first-order valence-corrected chi connectivity index (χ1v) is 9.97. The van der Waals surface area contributed by atoms with Gasteiger partial charge in [-0.1, -0.05) is 36.4 Å². The molecule has 1 fully saturated rings. The van der Waals surface area contributed by atoms with Gasteiger partial charge in [-0.15, -0.1) is 5.10 Å². The summed E-state index contributed by atoms with van der Waals surface area (Å²) in [5, 5.41) is 14.7. The zero-order chi connectivity index (χ0) is 18.9. The molecule has 6 nitrogen and oxygen atoms in total. The molecule has 3 heterocycles. The number of fused-ring (bicyclic) bond motifs is 1. The number of aromatic nitrogens is 3. The number of anilines is 1. The van der Waals surface area contributed by atoms with Crippen LogP contribution < -0.4 is 4.90 Å². The van der Waals surface area contributed by atoms with Crippen LogP contribution >= 0.6 is 0 Å². The van der Waals surface area contributed by atoms with E-state index >= 15 is 0 Å². The summed E-state index contributed by atoms with van der Waals surface area (Å²) >= 11 is 0. The van der Waals surface area contributed by atoms with Crippen LogP contribution in [0.15, 0.2) is 48.5 Å². The summed E-state index contributed by atoms with van der Waals surface area (Å²) in [6.45, 7) is 2.35. The van der Waals surface area contributed by atoms with Crippen molar-refractivity contribution in [2.45, 2.75) is 38.5 Å². The van der Waals surface area contributed by atoms with Crippen molar-refractivity contribution in [3.05, 3.63) is 59.7 Å².